The minimum atomic E-state index is -1.04. The summed E-state index contributed by atoms with van der Waals surface area (Å²) >= 11 is 0. The maximum Gasteiger partial charge on any atom is 0.111 e. The van der Waals surface area contributed by atoms with Crippen molar-refractivity contribution in [3.8, 4) is 0 Å². The lowest BCUT2D eigenvalue weighted by molar-refractivity contribution is -0.246. The Kier molecular flexibility index (Phi) is 4.25. The molecule has 2 saturated heterocycles. The molecule has 3 rings (SSSR count). The molecular weight excluding hydrogens is 280 g/mol. The van der Waals surface area contributed by atoms with E-state index in [1.54, 1.807) is 6.92 Å². The lowest BCUT2D eigenvalue weighted by atomic mass is 9.75. The van der Waals surface area contributed by atoms with Crippen LogP contribution in [0.2, 0.25) is 0 Å². The summed E-state index contributed by atoms with van der Waals surface area (Å²) in [6, 6.07) is 4.09. The standard InChI is InChI=1S/C17H26N2O3/c1-13-14(4-3-8-18-13)12-19-9-5-17(6-10-19)15(20)16(2,21)7-11-22-17/h3-4,8,15,20-21H,5-7,9-12H2,1-2H3/t15-,16+/m0/s1. The van der Waals surface area contributed by atoms with Crippen LogP contribution < -0.4 is 0 Å². The summed E-state index contributed by atoms with van der Waals surface area (Å²) in [7, 11) is 0. The van der Waals surface area contributed by atoms with Gasteiger partial charge in [-0.3, -0.25) is 9.88 Å². The Bertz CT molecular complexity index is 524. The molecular formula is C17H26N2O3. The number of aliphatic hydroxyl groups excluding tert-OH is 1. The number of hydrogen-bond donors (Lipinski definition) is 2. The van der Waals surface area contributed by atoms with Gasteiger partial charge in [0.2, 0.25) is 0 Å². The van der Waals surface area contributed by atoms with E-state index < -0.39 is 17.3 Å². The highest BCUT2D eigenvalue weighted by Gasteiger charge is 2.52. The molecule has 1 aromatic rings. The van der Waals surface area contributed by atoms with Crippen LogP contribution in [0.15, 0.2) is 18.3 Å². The van der Waals surface area contributed by atoms with E-state index >= 15 is 0 Å². The SMILES string of the molecule is Cc1ncccc1CN1CCC2(CC1)OCC[C@@](C)(O)[C@@H]2O. The molecule has 5 nitrogen and oxygen atoms in total. The summed E-state index contributed by atoms with van der Waals surface area (Å²) in [5, 5.41) is 20.9. The second-order valence-electron chi connectivity index (χ2n) is 6.95. The Hall–Kier alpha value is -1.01. The number of nitrogens with zero attached hydrogens (tertiary/aromatic N) is 2. The molecule has 0 bridgehead atoms. The average molecular weight is 306 g/mol. The number of rotatable bonds is 2. The number of pyridine rings is 1. The lowest BCUT2D eigenvalue weighted by Gasteiger charge is -2.51. The molecule has 1 spiro atoms. The first-order chi connectivity index (χ1) is 10.4. The molecule has 22 heavy (non-hydrogen) atoms. The fourth-order valence-corrected chi connectivity index (χ4v) is 3.68. The molecule has 0 radical (unpaired) electrons. The van der Waals surface area contributed by atoms with Crippen LogP contribution in [-0.4, -0.2) is 57.1 Å². The topological polar surface area (TPSA) is 65.8 Å². The molecule has 0 saturated carbocycles. The third kappa shape index (κ3) is 2.91. The second kappa shape index (κ2) is 5.89. The van der Waals surface area contributed by atoms with E-state index in [0.29, 0.717) is 13.0 Å². The summed E-state index contributed by atoms with van der Waals surface area (Å²) < 4.78 is 5.93. The third-order valence-corrected chi connectivity index (χ3v) is 5.30. The molecule has 0 aliphatic carbocycles. The first-order valence-corrected chi connectivity index (χ1v) is 8.10. The van der Waals surface area contributed by atoms with Gasteiger partial charge in [-0.25, -0.2) is 0 Å². The molecule has 0 aromatic carbocycles. The lowest BCUT2D eigenvalue weighted by Crippen LogP contribution is -2.64. The molecule has 2 atom stereocenters. The minimum Gasteiger partial charge on any atom is -0.387 e. The molecule has 2 N–H and O–H groups in total. The monoisotopic (exact) mass is 306 g/mol. The maximum atomic E-state index is 10.5. The van der Waals surface area contributed by atoms with Crippen molar-refractivity contribution in [2.75, 3.05) is 19.7 Å². The number of likely N-dealkylation sites (tertiary alicyclic amines) is 1. The van der Waals surface area contributed by atoms with Gasteiger partial charge < -0.3 is 14.9 Å². The fourth-order valence-electron chi connectivity index (χ4n) is 3.68. The van der Waals surface area contributed by atoms with Gasteiger partial charge in [-0.05, 0) is 38.3 Å². The van der Waals surface area contributed by atoms with Gasteiger partial charge in [0.15, 0.2) is 0 Å². The van der Waals surface area contributed by atoms with Crippen LogP contribution in [0.25, 0.3) is 0 Å². The summed E-state index contributed by atoms with van der Waals surface area (Å²) in [5.41, 5.74) is 0.693. The summed E-state index contributed by atoms with van der Waals surface area (Å²) in [6.07, 6.45) is 3.01. The first kappa shape index (κ1) is 15.9. The molecule has 2 aliphatic rings. The highest BCUT2D eigenvalue weighted by atomic mass is 16.5. The molecule has 2 fully saturated rings. The largest absolute Gasteiger partial charge is 0.387 e. The summed E-state index contributed by atoms with van der Waals surface area (Å²) in [6.45, 7) is 6.87. The van der Waals surface area contributed by atoms with Crippen LogP contribution >= 0.6 is 0 Å². The highest BCUT2D eigenvalue weighted by molar-refractivity contribution is 5.18. The van der Waals surface area contributed by atoms with Crippen molar-refractivity contribution in [2.45, 2.75) is 57.0 Å². The Balaban J connectivity index is 1.64. The van der Waals surface area contributed by atoms with Crippen molar-refractivity contribution in [3.63, 3.8) is 0 Å². The second-order valence-corrected chi connectivity index (χ2v) is 6.95. The average Bonchev–Trinajstić information content (AvgIpc) is 2.49. The Morgan fingerprint density at radius 2 is 2.09 bits per heavy atom. The summed E-state index contributed by atoms with van der Waals surface area (Å²) in [5.74, 6) is 0. The van der Waals surface area contributed by atoms with Crippen molar-refractivity contribution in [1.29, 1.82) is 0 Å². The van der Waals surface area contributed by atoms with Crippen LogP contribution in [-0.2, 0) is 11.3 Å². The zero-order valence-corrected chi connectivity index (χ0v) is 13.5. The zero-order chi connectivity index (χ0) is 15.8. The van der Waals surface area contributed by atoms with E-state index in [9.17, 15) is 10.2 Å². The van der Waals surface area contributed by atoms with Gasteiger partial charge in [0.1, 0.15) is 6.10 Å². The van der Waals surface area contributed by atoms with Gasteiger partial charge in [-0.15, -0.1) is 0 Å². The van der Waals surface area contributed by atoms with E-state index in [1.807, 2.05) is 19.2 Å². The van der Waals surface area contributed by atoms with Crippen molar-refractivity contribution >= 4 is 0 Å². The number of aromatic nitrogens is 1. The van der Waals surface area contributed by atoms with Crippen molar-refractivity contribution < 1.29 is 14.9 Å². The van der Waals surface area contributed by atoms with Crippen LogP contribution in [0.1, 0.15) is 37.4 Å². The van der Waals surface area contributed by atoms with Crippen molar-refractivity contribution in [2.24, 2.45) is 0 Å². The summed E-state index contributed by atoms with van der Waals surface area (Å²) in [4.78, 5) is 6.70. The van der Waals surface area contributed by atoms with Gasteiger partial charge in [0.25, 0.3) is 0 Å². The van der Waals surface area contributed by atoms with Crippen molar-refractivity contribution in [3.05, 3.63) is 29.6 Å². The molecule has 122 valence electrons. The molecule has 1 aromatic heterocycles. The first-order valence-electron chi connectivity index (χ1n) is 8.10. The maximum absolute atomic E-state index is 10.5. The van der Waals surface area contributed by atoms with E-state index in [1.165, 1.54) is 5.56 Å². The number of hydrogen-bond acceptors (Lipinski definition) is 5. The van der Waals surface area contributed by atoms with Crippen molar-refractivity contribution in [1.82, 2.24) is 9.88 Å². The molecule has 0 amide bonds. The number of ether oxygens (including phenoxy) is 1. The molecule has 5 heteroatoms. The predicted molar refractivity (Wildman–Crippen MR) is 83.4 cm³/mol. The van der Waals surface area contributed by atoms with Gasteiger partial charge in [0, 0.05) is 37.9 Å². The van der Waals surface area contributed by atoms with E-state index in [4.69, 9.17) is 4.74 Å². The van der Waals surface area contributed by atoms with Gasteiger partial charge >= 0.3 is 0 Å². The zero-order valence-electron chi connectivity index (χ0n) is 13.5. The van der Waals surface area contributed by atoms with Crippen LogP contribution in [0.4, 0.5) is 0 Å². The minimum absolute atomic E-state index is 0.495. The number of aliphatic hydroxyl groups is 2. The number of piperidine rings is 1. The van der Waals surface area contributed by atoms with Gasteiger partial charge in [-0.2, -0.15) is 0 Å². The third-order valence-electron chi connectivity index (χ3n) is 5.30. The van der Waals surface area contributed by atoms with E-state index in [2.05, 4.69) is 16.0 Å². The molecule has 3 heterocycles. The Morgan fingerprint density at radius 3 is 2.77 bits per heavy atom. The van der Waals surface area contributed by atoms with E-state index in [-0.39, 0.29) is 0 Å². The molecule has 2 aliphatic heterocycles. The quantitative estimate of drug-likeness (QED) is 0.861. The van der Waals surface area contributed by atoms with Gasteiger partial charge in [0.05, 0.1) is 17.8 Å². The van der Waals surface area contributed by atoms with Crippen LogP contribution in [0.3, 0.4) is 0 Å². The Labute approximate surface area is 131 Å². The van der Waals surface area contributed by atoms with Crippen LogP contribution in [0.5, 0.6) is 0 Å². The Morgan fingerprint density at radius 1 is 1.36 bits per heavy atom. The highest BCUT2D eigenvalue weighted by Crippen LogP contribution is 2.39. The normalized spacial score (nSPS) is 32.3. The van der Waals surface area contributed by atoms with Crippen LogP contribution in [0, 0.1) is 6.92 Å². The predicted octanol–water partition coefficient (Wildman–Crippen LogP) is 1.26. The smallest absolute Gasteiger partial charge is 0.111 e. The number of aryl methyl sites for hydroxylation is 1. The van der Waals surface area contributed by atoms with Gasteiger partial charge in [-0.1, -0.05) is 6.07 Å². The van der Waals surface area contributed by atoms with E-state index in [0.717, 1.165) is 38.2 Å². The molecule has 0 unspecified atom stereocenters. The fraction of sp³-hybridized carbons (Fsp3) is 0.706.